The lowest BCUT2D eigenvalue weighted by molar-refractivity contribution is -0.385. The number of benzene rings is 1. The number of nitro groups is 1. The Labute approximate surface area is 89.0 Å². The van der Waals surface area contributed by atoms with Gasteiger partial charge in [-0.1, -0.05) is 21.4 Å². The second kappa shape index (κ2) is 4.96. The van der Waals surface area contributed by atoms with E-state index in [4.69, 9.17) is 5.73 Å². The molecule has 0 aliphatic heterocycles. The molecular weight excluding hydrogens is 215 g/mol. The summed E-state index contributed by atoms with van der Waals surface area (Å²) >= 11 is 0. The van der Waals surface area contributed by atoms with E-state index in [1.807, 2.05) is 9.24 Å². The van der Waals surface area contributed by atoms with E-state index in [1.54, 1.807) is 12.1 Å². The van der Waals surface area contributed by atoms with Gasteiger partial charge in [0.15, 0.2) is 5.52 Å². The molecule has 1 aromatic rings. The van der Waals surface area contributed by atoms with Gasteiger partial charge in [0.2, 0.25) is 0 Å². The van der Waals surface area contributed by atoms with Gasteiger partial charge in [0.05, 0.1) is 4.92 Å². The molecule has 0 aliphatic carbocycles. The Kier molecular flexibility index (Phi) is 3.88. The van der Waals surface area contributed by atoms with E-state index in [2.05, 4.69) is 0 Å². The van der Waals surface area contributed by atoms with Crippen molar-refractivity contribution in [3.8, 4) is 0 Å². The van der Waals surface area contributed by atoms with Crippen LogP contribution in [-0.2, 0) is 17.8 Å². The van der Waals surface area contributed by atoms with E-state index in [0.717, 1.165) is 0 Å². The first-order chi connectivity index (χ1) is 7.04. The lowest BCUT2D eigenvalue weighted by Crippen LogP contribution is -2.03. The smallest absolute Gasteiger partial charge is 0.274 e. The molecule has 2 N–H and O–H groups in total. The predicted octanol–water partition coefficient (Wildman–Crippen LogP) is 0.998. The number of nitrogens with zero attached hydrogens (tertiary/aromatic N) is 1. The minimum Gasteiger partial charge on any atom is -0.326 e. The quantitative estimate of drug-likeness (QED) is 0.471. The molecule has 1 atom stereocenters. The topological polar surface area (TPSA) is 86.2 Å². The van der Waals surface area contributed by atoms with Crippen molar-refractivity contribution < 1.29 is 9.72 Å². The number of carbonyl (C=O) groups is 1. The summed E-state index contributed by atoms with van der Waals surface area (Å²) in [6, 6.07) is 4.66. The molecule has 0 radical (unpaired) electrons. The van der Waals surface area contributed by atoms with E-state index >= 15 is 0 Å². The van der Waals surface area contributed by atoms with Crippen molar-refractivity contribution >= 4 is 20.5 Å². The maximum Gasteiger partial charge on any atom is 0.274 e. The fourth-order valence-electron chi connectivity index (χ4n) is 1.26. The molecule has 80 valence electrons. The maximum absolute atomic E-state index is 10.8. The van der Waals surface area contributed by atoms with Gasteiger partial charge in [-0.05, 0) is 5.56 Å². The van der Waals surface area contributed by atoms with Crippen LogP contribution in [-0.4, -0.2) is 10.4 Å². The standard InChI is InChI=1S/C9H11N2O3P/c10-5-7-2-1-6(4-9(12)15)3-8(7)11(13)14/h1-3H,4-5,10,15H2. The Morgan fingerprint density at radius 2 is 2.20 bits per heavy atom. The third kappa shape index (κ3) is 3.08. The molecule has 15 heavy (non-hydrogen) atoms. The van der Waals surface area contributed by atoms with Crippen molar-refractivity contribution in [3.05, 3.63) is 39.4 Å². The van der Waals surface area contributed by atoms with Crippen LogP contribution in [0.5, 0.6) is 0 Å². The number of nitro benzene ring substituents is 1. The normalized spacial score (nSPS) is 10.0. The lowest BCUT2D eigenvalue weighted by Gasteiger charge is -2.02. The first-order valence-electron chi connectivity index (χ1n) is 4.29. The van der Waals surface area contributed by atoms with Crippen LogP contribution < -0.4 is 5.73 Å². The van der Waals surface area contributed by atoms with Crippen LogP contribution in [0.25, 0.3) is 0 Å². The summed E-state index contributed by atoms with van der Waals surface area (Å²) in [6.07, 6.45) is 0.177. The van der Waals surface area contributed by atoms with Crippen molar-refractivity contribution in [2.75, 3.05) is 0 Å². The molecule has 0 amide bonds. The van der Waals surface area contributed by atoms with Crippen molar-refractivity contribution in [1.29, 1.82) is 0 Å². The first kappa shape index (κ1) is 11.8. The summed E-state index contributed by atoms with van der Waals surface area (Å²) < 4.78 is 0. The number of carbonyl (C=O) groups excluding carboxylic acids is 1. The lowest BCUT2D eigenvalue weighted by atomic mass is 10.1. The van der Waals surface area contributed by atoms with Gasteiger partial charge >= 0.3 is 0 Å². The molecule has 0 saturated carbocycles. The van der Waals surface area contributed by atoms with Gasteiger partial charge in [-0.3, -0.25) is 14.9 Å². The van der Waals surface area contributed by atoms with Crippen molar-refractivity contribution in [1.82, 2.24) is 0 Å². The van der Waals surface area contributed by atoms with Crippen LogP contribution >= 0.6 is 9.24 Å². The zero-order valence-corrected chi connectivity index (χ0v) is 9.13. The molecule has 0 saturated heterocycles. The second-order valence-electron chi connectivity index (χ2n) is 3.07. The Hall–Kier alpha value is -1.32. The van der Waals surface area contributed by atoms with Crippen LogP contribution in [0.2, 0.25) is 0 Å². The molecule has 5 nitrogen and oxygen atoms in total. The molecular formula is C9H11N2O3P. The largest absolute Gasteiger partial charge is 0.326 e. The minimum absolute atomic E-state index is 0.0266. The summed E-state index contributed by atoms with van der Waals surface area (Å²) in [5.74, 6) is 0. The van der Waals surface area contributed by atoms with Gasteiger partial charge in [0.1, 0.15) is 0 Å². The summed E-state index contributed by atoms with van der Waals surface area (Å²) in [7, 11) is 2.04. The zero-order chi connectivity index (χ0) is 11.4. The minimum atomic E-state index is -0.487. The Balaban J connectivity index is 3.10. The second-order valence-corrected chi connectivity index (χ2v) is 3.71. The Bertz CT molecular complexity index is 406. The van der Waals surface area contributed by atoms with Crippen molar-refractivity contribution in [2.45, 2.75) is 13.0 Å². The number of nitrogens with two attached hydrogens (primary N) is 1. The molecule has 6 heteroatoms. The Morgan fingerprint density at radius 3 is 2.67 bits per heavy atom. The third-order valence-electron chi connectivity index (χ3n) is 1.94. The summed E-state index contributed by atoms with van der Waals surface area (Å²) in [5.41, 5.74) is 6.33. The van der Waals surface area contributed by atoms with Crippen LogP contribution in [0, 0.1) is 10.1 Å². The van der Waals surface area contributed by atoms with Crippen molar-refractivity contribution in [2.24, 2.45) is 5.73 Å². The number of rotatable bonds is 4. The third-order valence-corrected chi connectivity index (χ3v) is 2.15. The van der Waals surface area contributed by atoms with Gasteiger partial charge < -0.3 is 5.73 Å². The fraction of sp³-hybridized carbons (Fsp3) is 0.222. The molecule has 0 heterocycles. The van der Waals surface area contributed by atoms with Gasteiger partial charge in [0, 0.05) is 24.6 Å². The molecule has 1 rings (SSSR count). The van der Waals surface area contributed by atoms with E-state index in [9.17, 15) is 14.9 Å². The molecule has 1 aromatic carbocycles. The van der Waals surface area contributed by atoms with Crippen LogP contribution in [0.3, 0.4) is 0 Å². The molecule has 0 aromatic heterocycles. The highest BCUT2D eigenvalue weighted by Crippen LogP contribution is 2.20. The average Bonchev–Trinajstić information content (AvgIpc) is 2.16. The van der Waals surface area contributed by atoms with Gasteiger partial charge in [-0.2, -0.15) is 0 Å². The highest BCUT2D eigenvalue weighted by Gasteiger charge is 2.13. The molecule has 0 aliphatic rings. The maximum atomic E-state index is 10.8. The van der Waals surface area contributed by atoms with E-state index in [1.165, 1.54) is 6.07 Å². The SMILES string of the molecule is NCc1ccc(CC(=O)P)cc1[N+](=O)[O-]. The van der Waals surface area contributed by atoms with Crippen LogP contribution in [0.4, 0.5) is 5.69 Å². The average molecular weight is 226 g/mol. The summed E-state index contributed by atoms with van der Waals surface area (Å²) in [4.78, 5) is 21.0. The van der Waals surface area contributed by atoms with Gasteiger partial charge in [0.25, 0.3) is 5.69 Å². The molecule has 1 unspecified atom stereocenters. The van der Waals surface area contributed by atoms with E-state index < -0.39 is 4.92 Å². The molecule has 0 spiro atoms. The molecule has 0 bridgehead atoms. The van der Waals surface area contributed by atoms with E-state index in [0.29, 0.717) is 11.1 Å². The van der Waals surface area contributed by atoms with Crippen molar-refractivity contribution in [3.63, 3.8) is 0 Å². The van der Waals surface area contributed by atoms with Crippen LogP contribution in [0.1, 0.15) is 11.1 Å². The summed E-state index contributed by atoms with van der Waals surface area (Å²) in [5, 5.41) is 10.7. The first-order valence-corrected chi connectivity index (χ1v) is 4.87. The predicted molar refractivity (Wildman–Crippen MR) is 59.4 cm³/mol. The molecule has 0 fully saturated rings. The summed E-state index contributed by atoms with van der Waals surface area (Å²) in [6.45, 7) is 0.116. The van der Waals surface area contributed by atoms with Gasteiger partial charge in [-0.25, -0.2) is 0 Å². The van der Waals surface area contributed by atoms with E-state index in [-0.39, 0.29) is 24.2 Å². The number of hydrogen-bond donors (Lipinski definition) is 1. The zero-order valence-electron chi connectivity index (χ0n) is 7.97. The highest BCUT2D eigenvalue weighted by molar-refractivity contribution is 7.40. The monoisotopic (exact) mass is 226 g/mol. The fourth-order valence-corrected chi connectivity index (χ4v) is 1.50. The number of hydrogen-bond acceptors (Lipinski definition) is 4. The van der Waals surface area contributed by atoms with Gasteiger partial charge in [-0.15, -0.1) is 0 Å². The Morgan fingerprint density at radius 1 is 1.53 bits per heavy atom. The van der Waals surface area contributed by atoms with Crippen LogP contribution in [0.15, 0.2) is 18.2 Å². The highest BCUT2D eigenvalue weighted by atomic mass is 31.0.